The molecule has 0 heterocycles. The van der Waals surface area contributed by atoms with E-state index in [0.29, 0.717) is 34.0 Å². The van der Waals surface area contributed by atoms with Crippen molar-refractivity contribution in [3.8, 4) is 11.5 Å². The monoisotopic (exact) mass is 430 g/mol. The number of rotatable bonds is 9. The van der Waals surface area contributed by atoms with E-state index in [2.05, 4.69) is 5.32 Å². The third-order valence-electron chi connectivity index (χ3n) is 3.53. The van der Waals surface area contributed by atoms with Crippen molar-refractivity contribution in [3.05, 3.63) is 57.0 Å². The highest BCUT2D eigenvalue weighted by Crippen LogP contribution is 2.33. The van der Waals surface area contributed by atoms with Crippen molar-refractivity contribution in [1.82, 2.24) is 10.2 Å². The number of nitrogens with zero attached hydrogens (tertiary/aromatic N) is 1. The zero-order valence-electron chi connectivity index (χ0n) is 15.1. The molecule has 5 nitrogen and oxygen atoms in total. The van der Waals surface area contributed by atoms with Crippen molar-refractivity contribution in [1.29, 1.82) is 0 Å². The van der Waals surface area contributed by atoms with Crippen molar-refractivity contribution in [2.75, 3.05) is 33.9 Å². The number of nitrogens with one attached hydrogen (secondary N) is 1. The standard InChI is InChI=1S/C19H21Cl3N2O3/c1-24(2)6-7-26-14-5-3-4-13(8-14)11-23-19(25)12-27-18-10-16(21)15(20)9-17(18)22/h3-5,8-10H,6-7,11-12H2,1-2H3,(H,23,25). The van der Waals surface area contributed by atoms with Gasteiger partial charge in [0.05, 0.1) is 15.1 Å². The molecule has 0 radical (unpaired) electrons. The zero-order valence-corrected chi connectivity index (χ0v) is 17.4. The second kappa shape index (κ2) is 10.6. The number of hydrogen-bond donors (Lipinski definition) is 1. The van der Waals surface area contributed by atoms with E-state index in [1.54, 1.807) is 0 Å². The molecule has 0 saturated heterocycles. The van der Waals surface area contributed by atoms with E-state index >= 15 is 0 Å². The van der Waals surface area contributed by atoms with Gasteiger partial charge in [-0.25, -0.2) is 0 Å². The molecule has 146 valence electrons. The number of hydrogen-bond acceptors (Lipinski definition) is 4. The normalized spacial score (nSPS) is 10.7. The maximum Gasteiger partial charge on any atom is 0.258 e. The average molecular weight is 432 g/mol. The minimum Gasteiger partial charge on any atom is -0.492 e. The van der Waals surface area contributed by atoms with Gasteiger partial charge in [-0.1, -0.05) is 46.9 Å². The van der Waals surface area contributed by atoms with E-state index in [0.717, 1.165) is 17.9 Å². The van der Waals surface area contributed by atoms with Crippen LogP contribution < -0.4 is 14.8 Å². The third kappa shape index (κ3) is 7.46. The highest BCUT2D eigenvalue weighted by Gasteiger charge is 2.09. The Morgan fingerprint density at radius 1 is 1.04 bits per heavy atom. The van der Waals surface area contributed by atoms with Crippen molar-refractivity contribution < 1.29 is 14.3 Å². The molecule has 0 spiro atoms. The van der Waals surface area contributed by atoms with Crippen LogP contribution >= 0.6 is 34.8 Å². The molecule has 0 aliphatic rings. The summed E-state index contributed by atoms with van der Waals surface area (Å²) in [6.07, 6.45) is 0. The van der Waals surface area contributed by atoms with E-state index in [1.807, 2.05) is 43.3 Å². The molecule has 1 N–H and O–H groups in total. The fraction of sp³-hybridized carbons (Fsp3) is 0.316. The molecule has 0 atom stereocenters. The van der Waals surface area contributed by atoms with Crippen LogP contribution in [0.25, 0.3) is 0 Å². The number of amides is 1. The topological polar surface area (TPSA) is 50.8 Å². The molecule has 8 heteroatoms. The second-order valence-electron chi connectivity index (χ2n) is 6.06. The van der Waals surface area contributed by atoms with Crippen molar-refractivity contribution in [2.24, 2.45) is 0 Å². The van der Waals surface area contributed by atoms with Crippen LogP contribution in [-0.4, -0.2) is 44.7 Å². The lowest BCUT2D eigenvalue weighted by Crippen LogP contribution is -2.28. The molecular weight excluding hydrogens is 411 g/mol. The van der Waals surface area contributed by atoms with E-state index in [-0.39, 0.29) is 12.5 Å². The Kier molecular flexibility index (Phi) is 8.51. The minimum atomic E-state index is -0.281. The van der Waals surface area contributed by atoms with E-state index < -0.39 is 0 Å². The van der Waals surface area contributed by atoms with Crippen LogP contribution in [0, 0.1) is 0 Å². The summed E-state index contributed by atoms with van der Waals surface area (Å²) >= 11 is 17.8. The minimum absolute atomic E-state index is 0.184. The molecule has 27 heavy (non-hydrogen) atoms. The maximum absolute atomic E-state index is 12.0. The van der Waals surface area contributed by atoms with Crippen LogP contribution in [0.2, 0.25) is 15.1 Å². The molecule has 1 amide bonds. The number of halogens is 3. The summed E-state index contributed by atoms with van der Waals surface area (Å²) in [7, 11) is 3.98. The molecule has 0 saturated carbocycles. The molecule has 0 aliphatic heterocycles. The molecule has 0 bridgehead atoms. The van der Waals surface area contributed by atoms with Gasteiger partial charge in [0.1, 0.15) is 18.1 Å². The molecule has 0 aliphatic carbocycles. The lowest BCUT2D eigenvalue weighted by Gasteiger charge is -2.12. The Bertz CT molecular complexity index is 785. The van der Waals surface area contributed by atoms with Gasteiger partial charge in [-0.05, 0) is 37.9 Å². The van der Waals surface area contributed by atoms with E-state index in [4.69, 9.17) is 44.3 Å². The Labute approximate surface area is 174 Å². The van der Waals surface area contributed by atoms with Crippen LogP contribution in [0.15, 0.2) is 36.4 Å². The Hall–Kier alpha value is -1.66. The summed E-state index contributed by atoms with van der Waals surface area (Å²) < 4.78 is 11.1. The quantitative estimate of drug-likeness (QED) is 0.602. The number of benzene rings is 2. The molecule has 2 aromatic carbocycles. The predicted octanol–water partition coefficient (Wildman–Crippen LogP) is 4.28. The van der Waals surface area contributed by atoms with Crippen LogP contribution in [0.1, 0.15) is 5.56 Å². The van der Waals surface area contributed by atoms with Gasteiger partial charge < -0.3 is 19.7 Å². The first kappa shape index (κ1) is 21.6. The van der Waals surface area contributed by atoms with Crippen LogP contribution in [0.4, 0.5) is 0 Å². The van der Waals surface area contributed by atoms with E-state index in [9.17, 15) is 4.79 Å². The molecule has 2 aromatic rings. The Morgan fingerprint density at radius 2 is 1.78 bits per heavy atom. The highest BCUT2D eigenvalue weighted by atomic mass is 35.5. The van der Waals surface area contributed by atoms with Crippen LogP contribution in [0.3, 0.4) is 0 Å². The summed E-state index contributed by atoms with van der Waals surface area (Å²) in [6.45, 7) is 1.61. The number of carbonyl (C=O) groups is 1. The van der Waals surface area contributed by atoms with Gasteiger partial charge in [0.25, 0.3) is 5.91 Å². The summed E-state index contributed by atoms with van der Waals surface area (Å²) in [5.74, 6) is 0.788. The first-order valence-corrected chi connectivity index (χ1v) is 9.39. The van der Waals surface area contributed by atoms with Gasteiger partial charge in [0.15, 0.2) is 6.61 Å². The molecule has 0 unspecified atom stereocenters. The van der Waals surface area contributed by atoms with Gasteiger partial charge >= 0.3 is 0 Å². The molecule has 0 fully saturated rings. The Morgan fingerprint density at radius 3 is 2.52 bits per heavy atom. The fourth-order valence-electron chi connectivity index (χ4n) is 2.10. The number of likely N-dealkylation sites (N-methyl/N-ethyl adjacent to an activating group) is 1. The van der Waals surface area contributed by atoms with Crippen molar-refractivity contribution in [3.63, 3.8) is 0 Å². The molecular formula is C19H21Cl3N2O3. The van der Waals surface area contributed by atoms with Crippen LogP contribution in [0.5, 0.6) is 11.5 Å². The highest BCUT2D eigenvalue weighted by molar-refractivity contribution is 6.43. The van der Waals surface area contributed by atoms with Gasteiger partial charge in [0, 0.05) is 19.2 Å². The zero-order chi connectivity index (χ0) is 19.8. The summed E-state index contributed by atoms with van der Waals surface area (Å²) in [5.41, 5.74) is 0.929. The lowest BCUT2D eigenvalue weighted by atomic mass is 10.2. The number of ether oxygens (including phenoxy) is 2. The van der Waals surface area contributed by atoms with Gasteiger partial charge in [0.2, 0.25) is 0 Å². The Balaban J connectivity index is 1.81. The first-order chi connectivity index (χ1) is 12.8. The summed E-state index contributed by atoms with van der Waals surface area (Å²) in [5, 5.41) is 3.71. The fourth-order valence-corrected chi connectivity index (χ4v) is 2.69. The summed E-state index contributed by atoms with van der Waals surface area (Å²) in [6, 6.07) is 10.5. The number of carbonyl (C=O) groups excluding carboxylic acids is 1. The molecule has 2 rings (SSSR count). The summed E-state index contributed by atoms with van der Waals surface area (Å²) in [4.78, 5) is 14.1. The maximum atomic E-state index is 12.0. The predicted molar refractivity (Wildman–Crippen MR) is 109 cm³/mol. The van der Waals surface area contributed by atoms with Crippen LogP contribution in [-0.2, 0) is 11.3 Å². The lowest BCUT2D eigenvalue weighted by molar-refractivity contribution is -0.123. The van der Waals surface area contributed by atoms with Gasteiger partial charge in [-0.15, -0.1) is 0 Å². The second-order valence-corrected chi connectivity index (χ2v) is 7.28. The third-order valence-corrected chi connectivity index (χ3v) is 4.55. The van der Waals surface area contributed by atoms with Gasteiger partial charge in [-0.3, -0.25) is 4.79 Å². The van der Waals surface area contributed by atoms with Crippen molar-refractivity contribution in [2.45, 2.75) is 6.54 Å². The van der Waals surface area contributed by atoms with Gasteiger partial charge in [-0.2, -0.15) is 0 Å². The SMILES string of the molecule is CN(C)CCOc1cccc(CNC(=O)COc2cc(Cl)c(Cl)cc2Cl)c1. The molecule has 0 aromatic heterocycles. The van der Waals surface area contributed by atoms with Crippen molar-refractivity contribution >= 4 is 40.7 Å². The smallest absolute Gasteiger partial charge is 0.258 e. The average Bonchev–Trinajstić information content (AvgIpc) is 2.62. The largest absolute Gasteiger partial charge is 0.492 e. The first-order valence-electron chi connectivity index (χ1n) is 8.25. The van der Waals surface area contributed by atoms with E-state index in [1.165, 1.54) is 12.1 Å².